The molecule has 0 aromatic rings. The minimum Gasteiger partial charge on any atom is -0.370 e. The number of guanidine groups is 1. The van der Waals surface area contributed by atoms with Gasteiger partial charge in [0.05, 0.1) is 0 Å². The summed E-state index contributed by atoms with van der Waals surface area (Å²) < 4.78 is 25.1. The van der Waals surface area contributed by atoms with Crippen molar-refractivity contribution in [1.29, 1.82) is 0 Å². The van der Waals surface area contributed by atoms with E-state index in [9.17, 15) is 8.78 Å². The van der Waals surface area contributed by atoms with Crippen molar-refractivity contribution in [3.05, 3.63) is 0 Å². The van der Waals surface area contributed by atoms with Crippen LogP contribution in [0.15, 0.2) is 4.99 Å². The fraction of sp³-hybridized carbons (Fsp3) is 0.909. The van der Waals surface area contributed by atoms with Crippen molar-refractivity contribution in [3.8, 4) is 0 Å². The third kappa shape index (κ3) is 3.06. The van der Waals surface area contributed by atoms with Crippen molar-refractivity contribution in [2.24, 2.45) is 16.6 Å². The Bertz CT molecular complexity index is 266. The van der Waals surface area contributed by atoms with Crippen LogP contribution in [0.25, 0.3) is 0 Å². The van der Waals surface area contributed by atoms with E-state index >= 15 is 0 Å². The lowest BCUT2D eigenvalue weighted by atomic mass is 9.79. The molecule has 0 amide bonds. The number of nitrogens with one attached hydrogen (secondary N) is 1. The van der Waals surface area contributed by atoms with Crippen LogP contribution in [0.2, 0.25) is 0 Å². The molecule has 0 radical (unpaired) electrons. The van der Waals surface area contributed by atoms with Gasteiger partial charge in [-0.25, -0.2) is 8.78 Å². The van der Waals surface area contributed by atoms with Gasteiger partial charge in [-0.15, -0.1) is 0 Å². The molecule has 0 spiro atoms. The molecule has 0 aliphatic heterocycles. The van der Waals surface area contributed by atoms with Crippen LogP contribution in [-0.2, 0) is 0 Å². The molecule has 2 rings (SSSR count). The molecule has 0 heterocycles. The van der Waals surface area contributed by atoms with E-state index in [0.29, 0.717) is 18.5 Å². The second-order valence-electron chi connectivity index (χ2n) is 4.96. The van der Waals surface area contributed by atoms with Crippen molar-refractivity contribution in [3.63, 3.8) is 0 Å². The minimum atomic E-state index is -2.41. The molecular formula is C11H19F2N3. The zero-order valence-corrected chi connectivity index (χ0v) is 9.38. The molecule has 16 heavy (non-hydrogen) atoms. The summed E-state index contributed by atoms with van der Waals surface area (Å²) in [6.45, 7) is 0.562. The predicted molar refractivity (Wildman–Crippen MR) is 59.6 cm³/mol. The standard InChI is InChI=1S/C11H19F2N3/c12-11(13)6-8(7-11)4-5-15-10(14)16-9-2-1-3-9/h8-9H,1-7H2,(H3,14,15,16). The molecule has 2 saturated carbocycles. The first-order valence-corrected chi connectivity index (χ1v) is 5.99. The summed E-state index contributed by atoms with van der Waals surface area (Å²) in [5.74, 6) is -1.81. The van der Waals surface area contributed by atoms with Gasteiger partial charge in [0.2, 0.25) is 5.92 Å². The van der Waals surface area contributed by atoms with Crippen LogP contribution >= 0.6 is 0 Å². The van der Waals surface area contributed by atoms with Crippen molar-refractivity contribution < 1.29 is 8.78 Å². The number of hydrogen-bond acceptors (Lipinski definition) is 1. The van der Waals surface area contributed by atoms with Crippen LogP contribution in [0.1, 0.15) is 38.5 Å². The third-order valence-corrected chi connectivity index (χ3v) is 3.45. The van der Waals surface area contributed by atoms with Crippen molar-refractivity contribution in [2.45, 2.75) is 50.5 Å². The molecule has 3 nitrogen and oxygen atoms in total. The zero-order valence-electron chi connectivity index (χ0n) is 9.38. The van der Waals surface area contributed by atoms with Crippen LogP contribution in [0.4, 0.5) is 8.78 Å². The van der Waals surface area contributed by atoms with Gasteiger partial charge in [0, 0.05) is 25.4 Å². The highest BCUT2D eigenvalue weighted by Crippen LogP contribution is 2.43. The zero-order chi connectivity index (χ0) is 11.6. The lowest BCUT2D eigenvalue weighted by molar-refractivity contribution is -0.111. The summed E-state index contributed by atoms with van der Waals surface area (Å²) in [4.78, 5) is 4.15. The van der Waals surface area contributed by atoms with Gasteiger partial charge in [-0.05, 0) is 31.6 Å². The van der Waals surface area contributed by atoms with Gasteiger partial charge in [0.25, 0.3) is 0 Å². The summed E-state index contributed by atoms with van der Waals surface area (Å²) in [5.41, 5.74) is 5.67. The Labute approximate surface area is 94.5 Å². The molecule has 2 aliphatic rings. The van der Waals surface area contributed by atoms with Gasteiger partial charge in [0.15, 0.2) is 5.96 Å². The molecule has 0 bridgehead atoms. The van der Waals surface area contributed by atoms with Gasteiger partial charge in [-0.3, -0.25) is 4.99 Å². The smallest absolute Gasteiger partial charge is 0.248 e. The Kier molecular flexibility index (Phi) is 3.30. The van der Waals surface area contributed by atoms with Gasteiger partial charge in [-0.2, -0.15) is 0 Å². The number of rotatable bonds is 4. The van der Waals surface area contributed by atoms with E-state index in [4.69, 9.17) is 5.73 Å². The lowest BCUT2D eigenvalue weighted by Gasteiger charge is -2.34. The van der Waals surface area contributed by atoms with Crippen LogP contribution in [0, 0.1) is 5.92 Å². The largest absolute Gasteiger partial charge is 0.370 e. The molecule has 0 unspecified atom stereocenters. The van der Waals surface area contributed by atoms with Crippen LogP contribution in [-0.4, -0.2) is 24.5 Å². The van der Waals surface area contributed by atoms with Gasteiger partial charge in [0.1, 0.15) is 0 Å². The number of nitrogens with two attached hydrogens (primary N) is 1. The highest BCUT2D eigenvalue weighted by atomic mass is 19.3. The maximum absolute atomic E-state index is 12.5. The molecule has 2 aliphatic carbocycles. The summed E-state index contributed by atoms with van der Waals surface area (Å²) in [7, 11) is 0. The summed E-state index contributed by atoms with van der Waals surface area (Å²) in [6, 6.07) is 0.483. The molecule has 92 valence electrons. The Morgan fingerprint density at radius 3 is 2.56 bits per heavy atom. The quantitative estimate of drug-likeness (QED) is 0.573. The van der Waals surface area contributed by atoms with Crippen molar-refractivity contribution in [1.82, 2.24) is 5.32 Å². The molecule has 3 N–H and O–H groups in total. The van der Waals surface area contributed by atoms with E-state index in [1.54, 1.807) is 0 Å². The van der Waals surface area contributed by atoms with Crippen LogP contribution < -0.4 is 11.1 Å². The van der Waals surface area contributed by atoms with E-state index in [1.165, 1.54) is 6.42 Å². The van der Waals surface area contributed by atoms with Gasteiger partial charge >= 0.3 is 0 Å². The Morgan fingerprint density at radius 2 is 2.06 bits per heavy atom. The van der Waals surface area contributed by atoms with Gasteiger partial charge in [-0.1, -0.05) is 0 Å². The summed E-state index contributed by atoms with van der Waals surface area (Å²) >= 11 is 0. The Hall–Kier alpha value is -0.870. The van der Waals surface area contributed by atoms with E-state index in [-0.39, 0.29) is 18.8 Å². The first-order valence-electron chi connectivity index (χ1n) is 5.99. The maximum Gasteiger partial charge on any atom is 0.248 e. The van der Waals surface area contributed by atoms with E-state index in [1.807, 2.05) is 0 Å². The molecule has 0 saturated heterocycles. The maximum atomic E-state index is 12.5. The predicted octanol–water partition coefficient (Wildman–Crippen LogP) is 1.88. The number of aliphatic imine (C=N–C) groups is 1. The molecule has 0 aromatic heterocycles. The third-order valence-electron chi connectivity index (χ3n) is 3.45. The number of nitrogens with zero attached hydrogens (tertiary/aromatic N) is 1. The minimum absolute atomic E-state index is 0.0263. The molecule has 2 fully saturated rings. The molecule has 0 atom stereocenters. The highest BCUT2D eigenvalue weighted by Gasteiger charge is 2.44. The van der Waals surface area contributed by atoms with Crippen LogP contribution in [0.3, 0.4) is 0 Å². The number of halogens is 2. The second-order valence-corrected chi connectivity index (χ2v) is 4.96. The van der Waals surface area contributed by atoms with Crippen LogP contribution in [0.5, 0.6) is 0 Å². The van der Waals surface area contributed by atoms with E-state index < -0.39 is 5.92 Å². The fourth-order valence-electron chi connectivity index (χ4n) is 2.16. The second kappa shape index (κ2) is 4.55. The Balaban J connectivity index is 1.57. The van der Waals surface area contributed by atoms with Crippen molar-refractivity contribution >= 4 is 5.96 Å². The average Bonchev–Trinajstić information content (AvgIpc) is 2.08. The first kappa shape index (κ1) is 11.6. The summed E-state index contributed by atoms with van der Waals surface area (Å²) in [6.07, 6.45) is 4.35. The SMILES string of the molecule is NC(=NCCC1CC(F)(F)C1)NC1CCC1. The average molecular weight is 231 g/mol. The summed E-state index contributed by atoms with van der Waals surface area (Å²) in [5, 5.41) is 3.12. The van der Waals surface area contributed by atoms with E-state index in [2.05, 4.69) is 10.3 Å². The molecule has 5 heteroatoms. The topological polar surface area (TPSA) is 50.4 Å². The first-order chi connectivity index (χ1) is 7.55. The Morgan fingerprint density at radius 1 is 1.38 bits per heavy atom. The fourth-order valence-corrected chi connectivity index (χ4v) is 2.16. The number of alkyl halides is 2. The van der Waals surface area contributed by atoms with Crippen molar-refractivity contribution in [2.75, 3.05) is 6.54 Å². The lowest BCUT2D eigenvalue weighted by Crippen LogP contribution is -2.43. The highest BCUT2D eigenvalue weighted by molar-refractivity contribution is 5.78. The molecular weight excluding hydrogens is 212 g/mol. The normalized spacial score (nSPS) is 26.0. The van der Waals surface area contributed by atoms with E-state index in [0.717, 1.165) is 19.3 Å². The number of hydrogen-bond donors (Lipinski definition) is 2. The monoisotopic (exact) mass is 231 g/mol. The molecule has 0 aromatic carbocycles. The van der Waals surface area contributed by atoms with Gasteiger partial charge < -0.3 is 11.1 Å².